The second-order valence-corrected chi connectivity index (χ2v) is 6.93. The summed E-state index contributed by atoms with van der Waals surface area (Å²) in [5, 5.41) is 10.1. The first-order valence-electron chi connectivity index (χ1n) is 8.30. The Morgan fingerprint density at radius 2 is 2.19 bits per heavy atom. The second-order valence-electron chi connectivity index (χ2n) is 5.58. The van der Waals surface area contributed by atoms with E-state index < -0.39 is 0 Å². The minimum atomic E-state index is 0. The largest absolute Gasteiger partial charge is 0.475 e. The minimum absolute atomic E-state index is 0. The molecule has 144 valence electrons. The third kappa shape index (κ3) is 7.63. The summed E-state index contributed by atoms with van der Waals surface area (Å²) in [6, 6.07) is 3.52. The summed E-state index contributed by atoms with van der Waals surface area (Å²) in [6.07, 6.45) is 1.65. The van der Waals surface area contributed by atoms with E-state index in [4.69, 9.17) is 16.3 Å². The first-order chi connectivity index (χ1) is 12.1. The Morgan fingerprint density at radius 3 is 2.85 bits per heavy atom. The number of guanidine groups is 1. The molecule has 9 heteroatoms. The van der Waals surface area contributed by atoms with Crippen molar-refractivity contribution >= 4 is 52.9 Å². The molecule has 2 heterocycles. The van der Waals surface area contributed by atoms with Gasteiger partial charge in [-0.05, 0) is 25.0 Å². The monoisotopic (exact) mass is 509 g/mol. The smallest absolute Gasteiger partial charge is 0.232 e. The van der Waals surface area contributed by atoms with E-state index >= 15 is 0 Å². The molecule has 0 unspecified atom stereocenters. The summed E-state index contributed by atoms with van der Waals surface area (Å²) >= 11 is 7.65. The third-order valence-corrected chi connectivity index (χ3v) is 4.38. The summed E-state index contributed by atoms with van der Waals surface area (Å²) in [5.74, 6) is 1.62. The molecular weight excluding hydrogens is 485 g/mol. The Bertz CT molecular complexity index is 695. The highest BCUT2D eigenvalue weighted by Gasteiger charge is 2.06. The highest BCUT2D eigenvalue weighted by molar-refractivity contribution is 14.0. The van der Waals surface area contributed by atoms with Gasteiger partial charge < -0.3 is 15.4 Å². The number of aromatic nitrogens is 2. The summed E-state index contributed by atoms with van der Waals surface area (Å²) < 4.78 is 5.56. The minimum Gasteiger partial charge on any atom is -0.475 e. The van der Waals surface area contributed by atoms with E-state index in [0.29, 0.717) is 36.5 Å². The number of nitrogens with zero attached hydrogens (tertiary/aromatic N) is 3. The predicted molar refractivity (Wildman–Crippen MR) is 119 cm³/mol. The van der Waals surface area contributed by atoms with Gasteiger partial charge in [-0.2, -0.15) is 0 Å². The van der Waals surface area contributed by atoms with Crippen molar-refractivity contribution < 1.29 is 4.74 Å². The van der Waals surface area contributed by atoms with Gasteiger partial charge in [0.15, 0.2) is 5.96 Å². The van der Waals surface area contributed by atoms with E-state index in [1.165, 1.54) is 0 Å². The molecule has 0 aromatic carbocycles. The summed E-state index contributed by atoms with van der Waals surface area (Å²) in [5.41, 5.74) is 1.12. The van der Waals surface area contributed by atoms with Gasteiger partial charge in [-0.25, -0.2) is 15.0 Å². The number of halogens is 2. The van der Waals surface area contributed by atoms with E-state index in [1.807, 2.05) is 6.92 Å². The van der Waals surface area contributed by atoms with Crippen LogP contribution in [-0.2, 0) is 6.54 Å². The molecule has 6 nitrogen and oxygen atoms in total. The van der Waals surface area contributed by atoms with Crippen LogP contribution in [0.3, 0.4) is 0 Å². The van der Waals surface area contributed by atoms with Crippen LogP contribution in [0.5, 0.6) is 5.88 Å². The molecule has 0 fully saturated rings. The molecule has 0 amide bonds. The molecular formula is C17H25ClIN5OS. The van der Waals surface area contributed by atoms with E-state index in [2.05, 4.69) is 44.8 Å². The highest BCUT2D eigenvalue weighted by Crippen LogP contribution is 2.19. The van der Waals surface area contributed by atoms with Crippen molar-refractivity contribution in [3.63, 3.8) is 0 Å². The lowest BCUT2D eigenvalue weighted by Crippen LogP contribution is -2.39. The number of thiazole rings is 1. The van der Waals surface area contributed by atoms with E-state index in [-0.39, 0.29) is 24.0 Å². The molecule has 0 saturated carbocycles. The molecule has 0 aliphatic rings. The Labute approximate surface area is 180 Å². The van der Waals surface area contributed by atoms with Crippen molar-refractivity contribution in [2.75, 3.05) is 19.7 Å². The van der Waals surface area contributed by atoms with Crippen LogP contribution in [-0.4, -0.2) is 35.6 Å². The van der Waals surface area contributed by atoms with Gasteiger partial charge in [0, 0.05) is 18.1 Å². The number of pyridine rings is 1. The molecule has 2 N–H and O–H groups in total. The summed E-state index contributed by atoms with van der Waals surface area (Å²) in [7, 11) is 0. The zero-order valence-corrected chi connectivity index (χ0v) is 19.1. The first-order valence-corrected chi connectivity index (χ1v) is 9.55. The van der Waals surface area contributed by atoms with Crippen LogP contribution in [0, 0.1) is 0 Å². The van der Waals surface area contributed by atoms with Crippen molar-refractivity contribution in [2.24, 2.45) is 4.99 Å². The molecule has 2 aromatic rings. The molecule has 0 bridgehead atoms. The Hall–Kier alpha value is -1.13. The van der Waals surface area contributed by atoms with Crippen molar-refractivity contribution in [3.05, 3.63) is 39.4 Å². The van der Waals surface area contributed by atoms with Crippen LogP contribution in [0.4, 0.5) is 0 Å². The highest BCUT2D eigenvalue weighted by atomic mass is 127. The van der Waals surface area contributed by atoms with Gasteiger partial charge in [-0.1, -0.05) is 25.4 Å². The lowest BCUT2D eigenvalue weighted by molar-refractivity contribution is 0.310. The van der Waals surface area contributed by atoms with Gasteiger partial charge in [-0.15, -0.1) is 35.3 Å². The number of nitrogens with one attached hydrogen (secondary N) is 2. The van der Waals surface area contributed by atoms with Gasteiger partial charge in [0.05, 0.1) is 18.8 Å². The van der Waals surface area contributed by atoms with Crippen molar-refractivity contribution in [1.82, 2.24) is 20.6 Å². The van der Waals surface area contributed by atoms with Crippen LogP contribution in [0.25, 0.3) is 0 Å². The fourth-order valence-electron chi connectivity index (χ4n) is 1.95. The first kappa shape index (κ1) is 22.9. The SMILES string of the molecule is CCNC(=NCc1nc(C(C)C)cs1)NCCOc1ncccc1Cl.I. The van der Waals surface area contributed by atoms with Crippen molar-refractivity contribution in [2.45, 2.75) is 33.2 Å². The van der Waals surface area contributed by atoms with E-state index in [1.54, 1.807) is 29.7 Å². The average molecular weight is 510 g/mol. The lowest BCUT2D eigenvalue weighted by atomic mass is 10.2. The Balaban J connectivity index is 0.00000338. The van der Waals surface area contributed by atoms with Crippen molar-refractivity contribution in [1.29, 1.82) is 0 Å². The quantitative estimate of drug-likeness (QED) is 0.243. The van der Waals surface area contributed by atoms with E-state index in [0.717, 1.165) is 23.2 Å². The molecule has 0 saturated heterocycles. The topological polar surface area (TPSA) is 71.4 Å². The number of rotatable bonds is 8. The lowest BCUT2D eigenvalue weighted by Gasteiger charge is -2.11. The molecule has 26 heavy (non-hydrogen) atoms. The van der Waals surface area contributed by atoms with Gasteiger partial charge in [0.2, 0.25) is 5.88 Å². The predicted octanol–water partition coefficient (Wildman–Crippen LogP) is 4.07. The fraction of sp³-hybridized carbons (Fsp3) is 0.471. The maximum Gasteiger partial charge on any atom is 0.232 e. The van der Waals surface area contributed by atoms with Gasteiger partial charge in [0.25, 0.3) is 0 Å². The normalized spacial score (nSPS) is 11.2. The molecule has 0 atom stereocenters. The van der Waals surface area contributed by atoms with Crippen LogP contribution < -0.4 is 15.4 Å². The third-order valence-electron chi connectivity index (χ3n) is 3.24. The molecule has 0 spiro atoms. The molecule has 2 aromatic heterocycles. The standard InChI is InChI=1S/C17H24ClN5OS.HI/c1-4-19-17(22-10-15-23-14(11-25-15)12(2)3)21-8-9-24-16-13(18)6-5-7-20-16;/h5-7,11-12H,4,8-10H2,1-3H3,(H2,19,21,22);1H. The second kappa shape index (κ2) is 12.3. The number of hydrogen-bond donors (Lipinski definition) is 2. The number of aliphatic imine (C=N–C) groups is 1. The summed E-state index contributed by atoms with van der Waals surface area (Å²) in [4.78, 5) is 13.2. The maximum atomic E-state index is 6.01. The van der Waals surface area contributed by atoms with E-state index in [9.17, 15) is 0 Å². The molecule has 2 rings (SSSR count). The van der Waals surface area contributed by atoms with Crippen molar-refractivity contribution in [3.8, 4) is 5.88 Å². The summed E-state index contributed by atoms with van der Waals surface area (Å²) in [6.45, 7) is 8.68. The molecule has 0 radical (unpaired) electrons. The zero-order valence-electron chi connectivity index (χ0n) is 15.2. The average Bonchev–Trinajstić information content (AvgIpc) is 3.07. The zero-order chi connectivity index (χ0) is 18.1. The fourth-order valence-corrected chi connectivity index (χ4v) is 3.00. The number of ether oxygens (including phenoxy) is 1. The molecule has 0 aliphatic carbocycles. The van der Waals surface area contributed by atoms with Crippen LogP contribution in [0.15, 0.2) is 28.7 Å². The van der Waals surface area contributed by atoms with Gasteiger partial charge in [-0.3, -0.25) is 0 Å². The van der Waals surface area contributed by atoms with Crippen LogP contribution >= 0.6 is 46.9 Å². The van der Waals surface area contributed by atoms with Gasteiger partial charge >= 0.3 is 0 Å². The van der Waals surface area contributed by atoms with Gasteiger partial charge in [0.1, 0.15) is 16.6 Å². The number of hydrogen-bond acceptors (Lipinski definition) is 5. The Kier molecular flexibility index (Phi) is 10.8. The van der Waals surface area contributed by atoms with Crippen LogP contribution in [0.1, 0.15) is 37.4 Å². The Morgan fingerprint density at radius 1 is 1.38 bits per heavy atom. The maximum absolute atomic E-state index is 6.01. The molecule has 0 aliphatic heterocycles. The van der Waals surface area contributed by atoms with Crippen LogP contribution in [0.2, 0.25) is 5.02 Å².